The Kier molecular flexibility index (Phi) is 26.3. The molecule has 0 bridgehead atoms. The van der Waals surface area contributed by atoms with E-state index in [0.29, 0.717) is 6.42 Å². The van der Waals surface area contributed by atoms with Crippen molar-refractivity contribution in [3.63, 3.8) is 0 Å². The molecule has 7 N–H and O–H groups in total. The van der Waals surface area contributed by atoms with Crippen molar-refractivity contribution in [1.82, 2.24) is 15.2 Å². The molecule has 0 unspecified atom stereocenters. The molecule has 15 heteroatoms. The van der Waals surface area contributed by atoms with E-state index in [1.54, 1.807) is 6.92 Å². The summed E-state index contributed by atoms with van der Waals surface area (Å²) in [5.74, 6) is -0.222. The van der Waals surface area contributed by atoms with Crippen LogP contribution in [0.25, 0.3) is 0 Å². The van der Waals surface area contributed by atoms with Crippen LogP contribution in [0.4, 0.5) is 0 Å². The van der Waals surface area contributed by atoms with E-state index in [1.165, 1.54) is 83.6 Å². The van der Waals surface area contributed by atoms with Crippen molar-refractivity contribution in [3.8, 4) is 5.75 Å². The average molecular weight is 714 g/mol. The maximum Gasteiger partial charge on any atom is 0.469 e. The minimum absolute atomic E-state index is 0.0973. The van der Waals surface area contributed by atoms with Gasteiger partial charge in [0.05, 0.1) is 31.1 Å². The first-order chi connectivity index (χ1) is 22.2. The van der Waals surface area contributed by atoms with Gasteiger partial charge in [0.2, 0.25) is 0 Å². The summed E-state index contributed by atoms with van der Waals surface area (Å²) in [6.45, 7) is 12.8. The molecule has 1 aromatic heterocycles. The number of aromatic hydroxyl groups is 1. The molecule has 0 amide bonds. The van der Waals surface area contributed by atoms with E-state index < -0.39 is 41.0 Å². The number of phosphoric acid groups is 2. The summed E-state index contributed by atoms with van der Waals surface area (Å²) >= 11 is 0. The molecule has 0 spiro atoms. The Bertz CT molecular complexity index is 1020. The summed E-state index contributed by atoms with van der Waals surface area (Å²) in [6, 6.07) is -0.881. The molecule has 0 saturated heterocycles. The van der Waals surface area contributed by atoms with Gasteiger partial charge in [0, 0.05) is 23.9 Å². The quantitative estimate of drug-likeness (QED) is 0.0387. The molecule has 13 nitrogen and oxygen atoms in total. The number of aryl methyl sites for hydroxylation is 1. The number of unbranched alkanes of at least 4 members (excludes halogenated alkanes) is 12. The van der Waals surface area contributed by atoms with Crippen LogP contribution in [-0.4, -0.2) is 78.1 Å². The van der Waals surface area contributed by atoms with Gasteiger partial charge in [-0.1, -0.05) is 111 Å². The average Bonchev–Trinajstić information content (AvgIpc) is 3.01. The van der Waals surface area contributed by atoms with E-state index in [4.69, 9.17) is 19.6 Å². The summed E-state index contributed by atoms with van der Waals surface area (Å²) in [4.78, 5) is 42.7. The summed E-state index contributed by atoms with van der Waals surface area (Å²) in [7, 11) is -9.56. The van der Waals surface area contributed by atoms with Gasteiger partial charge in [0.15, 0.2) is 0 Å². The molecule has 47 heavy (non-hydrogen) atoms. The van der Waals surface area contributed by atoms with Crippen molar-refractivity contribution in [2.24, 2.45) is 0 Å². The first kappa shape index (κ1) is 46.0. The van der Waals surface area contributed by atoms with Crippen molar-refractivity contribution >= 4 is 15.6 Å². The van der Waals surface area contributed by atoms with Crippen LogP contribution in [0.5, 0.6) is 5.75 Å². The molecule has 1 rings (SSSR count). The van der Waals surface area contributed by atoms with Gasteiger partial charge in [-0.3, -0.25) is 14.0 Å². The number of aliphatic hydroxyl groups excluding tert-OH is 1. The third kappa shape index (κ3) is 24.8. The molecule has 2 atom stereocenters. The second-order valence-corrected chi connectivity index (χ2v) is 14.4. The first-order valence-corrected chi connectivity index (χ1v) is 20.4. The monoisotopic (exact) mass is 713 g/mol. The third-order valence-electron chi connectivity index (χ3n) is 8.19. The molecule has 0 aliphatic rings. The number of hydrogen-bond donors (Lipinski definition) is 7. The maximum atomic E-state index is 11.3. The molecule has 0 aliphatic heterocycles. The van der Waals surface area contributed by atoms with Gasteiger partial charge in [-0.05, 0) is 33.0 Å². The van der Waals surface area contributed by atoms with E-state index in [-0.39, 0.29) is 29.1 Å². The summed E-state index contributed by atoms with van der Waals surface area (Å²) in [5, 5.41) is 24.2. The Morgan fingerprint density at radius 2 is 1.26 bits per heavy atom. The standard InChI is InChI=1S/C26H50N2O10P2.C6H15N/c1-3-4-5-6-7-8-9-10-11-12-13-14-15-16-25(29)24(20-38-40(34,35)36)28-18-23-22(19-37-39(31,32)33)17-27-21(2)26(23)30;1-4-7(5-2)6-3/h17,24-25,28-30H,3-16,18-20H2,1-2H3,(H2,31,32,33)(H2,34,35,36);4-6H2,1-3H3/t24-,25+;/m0./s1. The Balaban J connectivity index is 0.00000270. The van der Waals surface area contributed by atoms with Crippen molar-refractivity contribution < 1.29 is 48.0 Å². The van der Waals surface area contributed by atoms with Crippen molar-refractivity contribution in [3.05, 3.63) is 23.0 Å². The van der Waals surface area contributed by atoms with E-state index in [2.05, 4.69) is 51.9 Å². The minimum atomic E-state index is -4.79. The highest BCUT2D eigenvalue weighted by Crippen LogP contribution is 2.38. The van der Waals surface area contributed by atoms with E-state index in [9.17, 15) is 19.3 Å². The highest BCUT2D eigenvalue weighted by Gasteiger charge is 2.25. The predicted molar refractivity (Wildman–Crippen MR) is 186 cm³/mol. The van der Waals surface area contributed by atoms with Crippen molar-refractivity contribution in [1.29, 1.82) is 0 Å². The number of nitrogens with one attached hydrogen (secondary N) is 1. The molecule has 0 aliphatic carbocycles. The normalized spacial score (nSPS) is 13.4. The van der Waals surface area contributed by atoms with Gasteiger partial charge in [0.1, 0.15) is 5.75 Å². The third-order valence-corrected chi connectivity index (χ3v) is 9.14. The molecule has 0 saturated carbocycles. The van der Waals surface area contributed by atoms with Gasteiger partial charge >= 0.3 is 15.6 Å². The minimum Gasteiger partial charge on any atom is -0.506 e. The Morgan fingerprint density at radius 3 is 1.68 bits per heavy atom. The molecular formula is C32H65N3O10P2. The summed E-state index contributed by atoms with van der Waals surface area (Å²) in [6.07, 6.45) is 16.2. The number of phosphoric ester groups is 2. The lowest BCUT2D eigenvalue weighted by atomic mass is 10.0. The smallest absolute Gasteiger partial charge is 0.469 e. The zero-order chi connectivity index (χ0) is 35.7. The van der Waals surface area contributed by atoms with Gasteiger partial charge in [-0.2, -0.15) is 0 Å². The molecule has 0 radical (unpaired) electrons. The summed E-state index contributed by atoms with van der Waals surface area (Å²) in [5.41, 5.74) is 0.710. The van der Waals surface area contributed by atoms with E-state index >= 15 is 0 Å². The number of aromatic nitrogens is 1. The molecular weight excluding hydrogens is 648 g/mol. The molecule has 278 valence electrons. The van der Waals surface area contributed by atoms with Crippen molar-refractivity contribution in [2.45, 2.75) is 150 Å². The lowest BCUT2D eigenvalue weighted by Crippen LogP contribution is -2.43. The van der Waals surface area contributed by atoms with Crippen LogP contribution in [0.1, 0.15) is 134 Å². The first-order valence-electron chi connectivity index (χ1n) is 17.4. The number of rotatable bonds is 27. The second-order valence-electron chi connectivity index (χ2n) is 12.0. The highest BCUT2D eigenvalue weighted by atomic mass is 31.2. The topological polar surface area (TPSA) is 202 Å². The highest BCUT2D eigenvalue weighted by molar-refractivity contribution is 7.46. The molecule has 1 aromatic rings. The van der Waals surface area contributed by atoms with E-state index in [0.717, 1.165) is 25.7 Å². The summed E-state index contributed by atoms with van der Waals surface area (Å²) < 4.78 is 31.6. The van der Waals surface area contributed by atoms with Crippen LogP contribution < -0.4 is 5.32 Å². The van der Waals surface area contributed by atoms with Crippen LogP contribution in [0.15, 0.2) is 6.20 Å². The second kappa shape index (κ2) is 26.9. The number of pyridine rings is 1. The van der Waals surface area contributed by atoms with E-state index in [1.807, 2.05) is 0 Å². The Hall–Kier alpha value is -0.950. The van der Waals surface area contributed by atoms with Crippen LogP contribution >= 0.6 is 15.6 Å². The fourth-order valence-corrected chi connectivity index (χ4v) is 5.78. The molecule has 0 aromatic carbocycles. The fraction of sp³-hybridized carbons (Fsp3) is 0.844. The predicted octanol–water partition coefficient (Wildman–Crippen LogP) is 6.46. The van der Waals surface area contributed by atoms with Crippen LogP contribution in [0.3, 0.4) is 0 Å². The van der Waals surface area contributed by atoms with Crippen molar-refractivity contribution in [2.75, 3.05) is 26.2 Å². The van der Waals surface area contributed by atoms with Gasteiger partial charge in [-0.15, -0.1) is 0 Å². The number of nitrogens with zero attached hydrogens (tertiary/aromatic N) is 2. The lowest BCUT2D eigenvalue weighted by Gasteiger charge is -2.25. The van der Waals surface area contributed by atoms with Crippen LogP contribution in [0.2, 0.25) is 0 Å². The van der Waals surface area contributed by atoms with Gasteiger partial charge < -0.3 is 40.0 Å². The zero-order valence-corrected chi connectivity index (χ0v) is 31.3. The zero-order valence-electron chi connectivity index (χ0n) is 29.5. The van der Waals surface area contributed by atoms with Gasteiger partial charge in [-0.25, -0.2) is 9.13 Å². The number of aliphatic hydroxyl groups is 1. The number of hydrogen-bond acceptors (Lipinski definition) is 9. The Morgan fingerprint density at radius 1 is 0.787 bits per heavy atom. The Labute approximate surface area is 283 Å². The lowest BCUT2D eigenvalue weighted by molar-refractivity contribution is 0.0757. The SMILES string of the molecule is CCCCCCCCCCCCCCC[C@@H](O)[C@H](COP(=O)(O)O)NCc1c(COP(=O)(O)O)cnc(C)c1O.CCN(CC)CC. The van der Waals surface area contributed by atoms with Crippen LogP contribution in [0, 0.1) is 6.92 Å². The maximum absolute atomic E-state index is 11.3. The fourth-order valence-electron chi connectivity index (χ4n) is 5.12. The molecule has 1 heterocycles. The molecule has 0 fully saturated rings. The van der Waals surface area contributed by atoms with Gasteiger partial charge in [0.25, 0.3) is 0 Å². The largest absolute Gasteiger partial charge is 0.506 e. The van der Waals surface area contributed by atoms with Crippen LogP contribution in [-0.2, 0) is 31.3 Å².